The first-order chi connectivity index (χ1) is 22.2. The molecule has 258 valence electrons. The lowest BCUT2D eigenvalue weighted by Gasteiger charge is -2.12. The van der Waals surface area contributed by atoms with Gasteiger partial charge in [0, 0.05) is 7.05 Å². The number of methoxy groups -OCH3 is 2. The van der Waals surface area contributed by atoms with Gasteiger partial charge in [0.2, 0.25) is 23.5 Å². The number of hydrogen-bond acceptors (Lipinski definition) is 13. The number of halogens is 6. The minimum Gasteiger partial charge on any atom is -0.481 e. The molecule has 0 spiro atoms. The van der Waals surface area contributed by atoms with Crippen LogP contribution in [0.1, 0.15) is 15.9 Å². The summed E-state index contributed by atoms with van der Waals surface area (Å²) in [5.41, 5.74) is 3.00. The number of nitro groups is 1. The van der Waals surface area contributed by atoms with Crippen LogP contribution in [-0.4, -0.2) is 74.2 Å². The molecule has 26 heteroatoms. The maximum atomic E-state index is 12.6. The zero-order chi connectivity index (χ0) is 36.3. The van der Waals surface area contributed by atoms with Gasteiger partial charge in [-0.15, -0.1) is 0 Å². The first kappa shape index (κ1) is 37.3. The zero-order valence-electron chi connectivity index (χ0n) is 23.9. The Morgan fingerprint density at radius 1 is 1.08 bits per heavy atom. The summed E-state index contributed by atoms with van der Waals surface area (Å²) in [6.45, 7) is 0. The van der Waals surface area contributed by atoms with Gasteiger partial charge in [-0.1, -0.05) is 34.8 Å². The summed E-state index contributed by atoms with van der Waals surface area (Å²) >= 11 is 17.2. The van der Waals surface area contributed by atoms with E-state index in [1.807, 2.05) is 0 Å². The van der Waals surface area contributed by atoms with Gasteiger partial charge in [-0.25, -0.2) is 19.0 Å². The fourth-order valence-electron chi connectivity index (χ4n) is 3.53. The van der Waals surface area contributed by atoms with Crippen LogP contribution in [0.25, 0.3) is 5.69 Å². The number of carbonyl (C=O) groups excluding carboxylic acids is 1. The van der Waals surface area contributed by atoms with E-state index in [1.165, 1.54) is 20.3 Å². The van der Waals surface area contributed by atoms with Crippen LogP contribution in [0.5, 0.6) is 11.8 Å². The lowest BCUT2D eigenvalue weighted by atomic mass is 10.2. The Kier molecular flexibility index (Phi) is 11.1. The van der Waals surface area contributed by atoms with Gasteiger partial charge in [0.15, 0.2) is 10.2 Å². The SMILES string of the molecule is COc1cc(OC)nc(NC(=O)NS(=O)(=O)c2c(C(=O)O)c(Cl)nn2C)n1.Nc1c([N+](=O)[O-])cnn1-c1c(Cl)cc(C(F)(F)F)cc1Cl. The highest BCUT2D eigenvalue weighted by Gasteiger charge is 2.34. The molecule has 3 heterocycles. The number of nitrogens with one attached hydrogen (secondary N) is 2. The van der Waals surface area contributed by atoms with Crippen molar-refractivity contribution in [3.63, 3.8) is 0 Å². The van der Waals surface area contributed by atoms with Gasteiger partial charge in [0.05, 0.1) is 40.8 Å². The number of benzene rings is 1. The molecule has 19 nitrogen and oxygen atoms in total. The van der Waals surface area contributed by atoms with Crippen molar-refractivity contribution in [3.05, 3.63) is 60.8 Å². The number of carboxylic acid groups (broad SMARTS) is 1. The molecular weight excluding hydrogens is 744 g/mol. The van der Waals surface area contributed by atoms with Gasteiger partial charge < -0.3 is 20.3 Å². The number of hydrogen-bond donors (Lipinski definition) is 4. The Hall–Kier alpha value is -5.13. The minimum atomic E-state index is -4.64. The van der Waals surface area contributed by atoms with E-state index in [0.717, 1.165) is 17.9 Å². The maximum Gasteiger partial charge on any atom is 0.416 e. The fourth-order valence-corrected chi connectivity index (χ4v) is 5.75. The van der Waals surface area contributed by atoms with Gasteiger partial charge in [-0.05, 0) is 12.1 Å². The highest BCUT2D eigenvalue weighted by molar-refractivity contribution is 7.90. The molecule has 0 saturated heterocycles. The zero-order valence-corrected chi connectivity index (χ0v) is 27.0. The van der Waals surface area contributed by atoms with Crippen LogP contribution in [0.3, 0.4) is 0 Å². The first-order valence-electron chi connectivity index (χ1n) is 12.0. The van der Waals surface area contributed by atoms with Crippen LogP contribution in [-0.2, 0) is 23.2 Å². The maximum absolute atomic E-state index is 12.6. The Balaban J connectivity index is 0.000000269. The van der Waals surface area contributed by atoms with Gasteiger partial charge in [-0.2, -0.15) is 41.8 Å². The lowest BCUT2D eigenvalue weighted by molar-refractivity contribution is -0.383. The summed E-state index contributed by atoms with van der Waals surface area (Å²) in [6, 6.07) is 1.33. The Morgan fingerprint density at radius 2 is 1.62 bits per heavy atom. The van der Waals surface area contributed by atoms with E-state index in [-0.39, 0.29) is 33.4 Å². The van der Waals surface area contributed by atoms with Gasteiger partial charge in [-0.3, -0.25) is 20.1 Å². The molecule has 0 aliphatic carbocycles. The number of carboxylic acids is 1. The number of nitrogen functional groups attached to an aromatic ring is 1. The van der Waals surface area contributed by atoms with Crippen LogP contribution in [0, 0.1) is 10.1 Å². The second-order valence-corrected chi connectivity index (χ2v) is 11.4. The van der Waals surface area contributed by atoms with E-state index in [0.29, 0.717) is 16.8 Å². The molecule has 0 aliphatic heterocycles. The van der Waals surface area contributed by atoms with Crippen LogP contribution in [0.4, 0.5) is 35.4 Å². The molecular formula is C22H18Cl3F3N10O9S. The highest BCUT2D eigenvalue weighted by Crippen LogP contribution is 2.39. The third-order valence-electron chi connectivity index (χ3n) is 5.51. The summed E-state index contributed by atoms with van der Waals surface area (Å²) in [5, 5.41) is 26.9. The molecule has 0 unspecified atom stereocenters. The minimum absolute atomic E-state index is 0.0478. The van der Waals surface area contributed by atoms with Crippen LogP contribution < -0.4 is 25.2 Å². The topological polar surface area (TPSA) is 262 Å². The van der Waals surface area contributed by atoms with Crippen LogP contribution in [0.15, 0.2) is 29.4 Å². The number of aryl methyl sites for hydroxylation is 1. The van der Waals surface area contributed by atoms with Crippen molar-refractivity contribution in [2.75, 3.05) is 25.3 Å². The van der Waals surface area contributed by atoms with E-state index in [2.05, 4.69) is 25.5 Å². The number of nitrogens with zero attached hydrogens (tertiary/aromatic N) is 7. The number of carbonyl (C=O) groups is 2. The normalized spacial score (nSPS) is 11.3. The number of aromatic nitrogens is 6. The summed E-state index contributed by atoms with van der Waals surface area (Å²) in [7, 11) is -0.858. The molecule has 5 N–H and O–H groups in total. The predicted octanol–water partition coefficient (Wildman–Crippen LogP) is 3.78. The standard InChI is InChI=1S/C12H13ClN6O7S.C10H5Cl2F3N4O2/c1-19-9(7(10(20)21)8(13)17-19)27(23,24)18-12(22)16-11-14-5(25-2)4-6(15-11)26-3;11-5-1-4(10(13,14)15)2-6(12)8(5)18-9(16)7(3-17-18)19(20)21/h4H,1-3H3,(H,20,21)(H2,14,15,16,18,22);1-3H,16H2. The van der Waals surface area contributed by atoms with Gasteiger partial charge in [0.1, 0.15) is 17.4 Å². The molecule has 4 aromatic rings. The quantitative estimate of drug-likeness (QED) is 0.147. The number of amides is 2. The highest BCUT2D eigenvalue weighted by atomic mass is 35.5. The number of sulfonamides is 1. The number of alkyl halides is 3. The third-order valence-corrected chi connectivity index (χ3v) is 7.78. The molecule has 1 aromatic carbocycles. The van der Waals surface area contributed by atoms with Crippen molar-refractivity contribution in [1.82, 2.24) is 34.3 Å². The summed E-state index contributed by atoms with van der Waals surface area (Å²) < 4.78 is 75.6. The predicted molar refractivity (Wildman–Crippen MR) is 159 cm³/mol. The van der Waals surface area contributed by atoms with E-state index in [9.17, 15) is 41.3 Å². The molecule has 0 atom stereocenters. The van der Waals surface area contributed by atoms with Crippen molar-refractivity contribution in [1.29, 1.82) is 0 Å². The number of nitrogens with two attached hydrogens (primary N) is 1. The second-order valence-electron chi connectivity index (χ2n) is 8.61. The van der Waals surface area contributed by atoms with E-state index in [1.54, 1.807) is 4.72 Å². The van der Waals surface area contributed by atoms with Crippen LogP contribution in [0.2, 0.25) is 15.2 Å². The third kappa shape index (κ3) is 8.23. The first-order valence-corrected chi connectivity index (χ1v) is 14.6. The summed E-state index contributed by atoms with van der Waals surface area (Å²) in [6.07, 6.45) is -3.78. The molecule has 3 aromatic heterocycles. The van der Waals surface area contributed by atoms with E-state index in [4.69, 9.17) is 55.1 Å². The smallest absolute Gasteiger partial charge is 0.416 e. The number of ether oxygens (including phenoxy) is 2. The van der Waals surface area contributed by atoms with Crippen molar-refractivity contribution in [3.8, 4) is 17.4 Å². The fraction of sp³-hybridized carbons (Fsp3) is 0.182. The van der Waals surface area contributed by atoms with E-state index >= 15 is 0 Å². The van der Waals surface area contributed by atoms with Gasteiger partial charge >= 0.3 is 23.9 Å². The van der Waals surface area contributed by atoms with Gasteiger partial charge in [0.25, 0.3) is 10.0 Å². The number of aromatic carboxylic acids is 1. The monoisotopic (exact) mass is 760 g/mol. The van der Waals surface area contributed by atoms with Crippen LogP contribution >= 0.6 is 34.8 Å². The molecule has 0 fully saturated rings. The Bertz CT molecular complexity index is 1980. The number of rotatable bonds is 8. The second kappa shape index (κ2) is 14.3. The average molecular weight is 762 g/mol. The molecule has 4 rings (SSSR count). The van der Waals surface area contributed by atoms with Crippen molar-refractivity contribution in [2.45, 2.75) is 11.2 Å². The van der Waals surface area contributed by atoms with Crippen molar-refractivity contribution in [2.24, 2.45) is 7.05 Å². The summed E-state index contributed by atoms with van der Waals surface area (Å²) in [5.74, 6) is -2.25. The Morgan fingerprint density at radius 3 is 2.06 bits per heavy atom. The molecule has 0 aliphatic rings. The van der Waals surface area contributed by atoms with Crippen molar-refractivity contribution >= 4 is 74.3 Å². The largest absolute Gasteiger partial charge is 0.481 e. The lowest BCUT2D eigenvalue weighted by Crippen LogP contribution is -2.36. The molecule has 2 amide bonds. The Labute approximate surface area is 280 Å². The summed E-state index contributed by atoms with van der Waals surface area (Å²) in [4.78, 5) is 40.8. The molecule has 0 radical (unpaired) electrons. The molecule has 0 saturated carbocycles. The van der Waals surface area contributed by atoms with Crippen molar-refractivity contribution < 1.29 is 50.7 Å². The number of anilines is 2. The van der Waals surface area contributed by atoms with E-state index < -0.39 is 65.9 Å². The molecule has 0 bridgehead atoms. The molecule has 48 heavy (non-hydrogen) atoms. The number of urea groups is 1. The average Bonchev–Trinajstić information content (AvgIpc) is 3.50.